The van der Waals surface area contributed by atoms with Gasteiger partial charge in [-0.25, -0.2) is 0 Å². The van der Waals surface area contributed by atoms with Crippen molar-refractivity contribution in [2.75, 3.05) is 19.9 Å². The molecule has 0 aliphatic carbocycles. The van der Waals surface area contributed by atoms with Gasteiger partial charge in [0.15, 0.2) is 17.2 Å². The predicted molar refractivity (Wildman–Crippen MR) is 117 cm³/mol. The summed E-state index contributed by atoms with van der Waals surface area (Å²) in [5, 5.41) is 2.59. The monoisotopic (exact) mass is 401 g/mol. The lowest BCUT2D eigenvalue weighted by Gasteiger charge is -2.50. The van der Waals surface area contributed by atoms with Gasteiger partial charge in [0, 0.05) is 36.6 Å². The minimum atomic E-state index is -0.362. The highest BCUT2D eigenvalue weighted by Gasteiger charge is 2.50. The molecule has 3 atom stereocenters. The molecular weight excluding hydrogens is 374 g/mol. The molecule has 0 bridgehead atoms. The number of likely N-dealkylation sites (tertiary alicyclic amines) is 1. The van der Waals surface area contributed by atoms with Gasteiger partial charge in [0.25, 0.3) is 0 Å². The highest BCUT2D eigenvalue weighted by Crippen LogP contribution is 2.54. The van der Waals surface area contributed by atoms with Crippen LogP contribution in [0.4, 0.5) is 0 Å². The lowest BCUT2D eigenvalue weighted by Crippen LogP contribution is -2.57. The minimum Gasteiger partial charge on any atom is -0.472 e. The van der Waals surface area contributed by atoms with Gasteiger partial charge in [-0.05, 0) is 42.2 Å². The maximum Gasteiger partial charge on any atom is 0.231 e. The van der Waals surface area contributed by atoms with Gasteiger partial charge in [0.1, 0.15) is 5.75 Å². The van der Waals surface area contributed by atoms with Crippen LogP contribution in [0, 0.1) is 5.92 Å². The van der Waals surface area contributed by atoms with E-state index in [9.17, 15) is 0 Å². The second-order valence-electron chi connectivity index (χ2n) is 8.93. The molecule has 1 saturated heterocycles. The maximum absolute atomic E-state index is 6.80. The zero-order valence-electron chi connectivity index (χ0n) is 17.6. The van der Waals surface area contributed by atoms with Crippen molar-refractivity contribution in [3.05, 3.63) is 65.7 Å². The Morgan fingerprint density at radius 1 is 0.867 bits per heavy atom. The Morgan fingerprint density at radius 3 is 2.43 bits per heavy atom. The highest BCUT2D eigenvalue weighted by molar-refractivity contribution is 5.87. The first-order valence-electron chi connectivity index (χ1n) is 11.0. The third-order valence-corrected chi connectivity index (χ3v) is 7.39. The molecule has 3 aromatic carbocycles. The van der Waals surface area contributed by atoms with Crippen LogP contribution in [-0.4, -0.2) is 30.5 Å². The van der Waals surface area contributed by atoms with E-state index in [-0.39, 0.29) is 24.4 Å². The van der Waals surface area contributed by atoms with Crippen LogP contribution in [0.5, 0.6) is 17.2 Å². The molecule has 30 heavy (non-hydrogen) atoms. The third-order valence-electron chi connectivity index (χ3n) is 7.39. The van der Waals surface area contributed by atoms with E-state index in [2.05, 4.69) is 67.3 Å². The number of fused-ring (bicyclic) bond motifs is 3. The van der Waals surface area contributed by atoms with Gasteiger partial charge >= 0.3 is 0 Å². The molecule has 0 amide bonds. The van der Waals surface area contributed by atoms with Crippen LogP contribution in [-0.2, 0) is 0 Å². The van der Waals surface area contributed by atoms with E-state index in [0.29, 0.717) is 0 Å². The molecule has 3 aromatic rings. The van der Waals surface area contributed by atoms with Gasteiger partial charge in [-0.1, -0.05) is 49.4 Å². The van der Waals surface area contributed by atoms with Gasteiger partial charge in [-0.2, -0.15) is 0 Å². The average Bonchev–Trinajstić information content (AvgIpc) is 3.45. The summed E-state index contributed by atoms with van der Waals surface area (Å²) in [7, 11) is 0. The SMILES string of the molecule is C[C@@H]1[C@H](c2cccc3ccccc23)c2cc3c(cc2O[C@@]1(C)N1CCCC1)OCO3. The first-order valence-corrected chi connectivity index (χ1v) is 11.0. The highest BCUT2D eigenvalue weighted by atomic mass is 16.7. The van der Waals surface area contributed by atoms with Gasteiger partial charge in [0.2, 0.25) is 6.79 Å². The molecule has 0 saturated carbocycles. The largest absolute Gasteiger partial charge is 0.472 e. The van der Waals surface area contributed by atoms with Crippen molar-refractivity contribution in [2.24, 2.45) is 5.92 Å². The maximum atomic E-state index is 6.80. The topological polar surface area (TPSA) is 30.9 Å². The van der Waals surface area contributed by atoms with Gasteiger partial charge < -0.3 is 14.2 Å². The van der Waals surface area contributed by atoms with Crippen molar-refractivity contribution in [1.29, 1.82) is 0 Å². The van der Waals surface area contributed by atoms with Crippen LogP contribution in [0.3, 0.4) is 0 Å². The van der Waals surface area contributed by atoms with E-state index in [0.717, 1.165) is 30.3 Å². The normalized spacial score (nSPS) is 27.8. The summed E-state index contributed by atoms with van der Waals surface area (Å²) in [5.74, 6) is 3.00. The molecule has 3 heterocycles. The van der Waals surface area contributed by atoms with E-state index >= 15 is 0 Å². The molecule has 3 aliphatic heterocycles. The smallest absolute Gasteiger partial charge is 0.231 e. The number of rotatable bonds is 2. The molecule has 1 fully saturated rings. The van der Waals surface area contributed by atoms with E-state index in [1.807, 2.05) is 6.07 Å². The fourth-order valence-corrected chi connectivity index (χ4v) is 5.64. The Balaban J connectivity index is 1.58. The van der Waals surface area contributed by atoms with Crippen molar-refractivity contribution < 1.29 is 14.2 Å². The predicted octanol–water partition coefficient (Wildman–Crippen LogP) is 5.54. The second-order valence-corrected chi connectivity index (χ2v) is 8.93. The summed E-state index contributed by atoms with van der Waals surface area (Å²) in [6.07, 6.45) is 2.47. The Hall–Kier alpha value is -2.72. The van der Waals surface area contributed by atoms with E-state index in [1.54, 1.807) is 0 Å². The Kier molecular flexibility index (Phi) is 4.00. The zero-order valence-corrected chi connectivity index (χ0v) is 17.6. The molecule has 0 radical (unpaired) electrons. The number of hydrogen-bond donors (Lipinski definition) is 0. The van der Waals surface area contributed by atoms with Gasteiger partial charge in [-0.3, -0.25) is 4.90 Å². The van der Waals surface area contributed by atoms with Crippen molar-refractivity contribution in [3.8, 4) is 17.2 Å². The Labute approximate surface area is 177 Å². The molecule has 6 rings (SSSR count). The van der Waals surface area contributed by atoms with Crippen molar-refractivity contribution >= 4 is 10.8 Å². The van der Waals surface area contributed by atoms with Crippen LogP contribution in [0.2, 0.25) is 0 Å². The first kappa shape index (κ1) is 18.1. The minimum absolute atomic E-state index is 0.208. The molecular formula is C26H27NO3. The molecule has 154 valence electrons. The average molecular weight is 402 g/mol. The van der Waals surface area contributed by atoms with Crippen LogP contribution in [0.15, 0.2) is 54.6 Å². The summed E-state index contributed by atoms with van der Waals surface area (Å²) in [6.45, 7) is 7.06. The van der Waals surface area contributed by atoms with Crippen molar-refractivity contribution in [3.63, 3.8) is 0 Å². The van der Waals surface area contributed by atoms with E-state index in [1.165, 1.54) is 34.7 Å². The quantitative estimate of drug-likeness (QED) is 0.564. The molecule has 4 heteroatoms. The molecule has 0 unspecified atom stereocenters. The number of benzene rings is 3. The van der Waals surface area contributed by atoms with Gasteiger partial charge in [-0.15, -0.1) is 0 Å². The summed E-state index contributed by atoms with van der Waals surface area (Å²) >= 11 is 0. The van der Waals surface area contributed by atoms with Crippen LogP contribution in [0.25, 0.3) is 10.8 Å². The number of nitrogens with zero attached hydrogens (tertiary/aromatic N) is 1. The van der Waals surface area contributed by atoms with Crippen LogP contribution < -0.4 is 14.2 Å². The summed E-state index contributed by atoms with van der Waals surface area (Å²) < 4.78 is 18.2. The zero-order chi connectivity index (χ0) is 20.3. The van der Waals surface area contributed by atoms with Crippen molar-refractivity contribution in [1.82, 2.24) is 4.90 Å². The standard InChI is InChI=1S/C26H27NO3/c1-17-25(20-11-7-9-18-8-3-4-10-19(18)20)21-14-23-24(29-16-28-23)15-22(21)30-26(17,2)27-12-5-6-13-27/h3-4,7-11,14-15,17,25H,5-6,12-13,16H2,1-2H3/t17-,25-,26-/m1/s1. The van der Waals surface area contributed by atoms with E-state index < -0.39 is 0 Å². The number of ether oxygens (including phenoxy) is 3. The first-order chi connectivity index (χ1) is 14.6. The van der Waals surface area contributed by atoms with Crippen LogP contribution >= 0.6 is 0 Å². The fraction of sp³-hybridized carbons (Fsp3) is 0.385. The lowest BCUT2D eigenvalue weighted by molar-refractivity contribution is -0.114. The molecule has 3 aliphatic rings. The third kappa shape index (κ3) is 2.56. The number of hydrogen-bond acceptors (Lipinski definition) is 4. The van der Waals surface area contributed by atoms with E-state index in [4.69, 9.17) is 14.2 Å². The Bertz CT molecular complexity index is 1120. The Morgan fingerprint density at radius 2 is 1.60 bits per heavy atom. The fourth-order valence-electron chi connectivity index (χ4n) is 5.64. The van der Waals surface area contributed by atoms with Crippen LogP contribution in [0.1, 0.15) is 43.7 Å². The molecule has 0 spiro atoms. The van der Waals surface area contributed by atoms with Crippen molar-refractivity contribution in [2.45, 2.75) is 38.3 Å². The second kappa shape index (κ2) is 6.64. The van der Waals surface area contributed by atoms with Gasteiger partial charge in [0.05, 0.1) is 0 Å². The molecule has 0 aromatic heterocycles. The summed E-state index contributed by atoms with van der Waals surface area (Å²) in [4.78, 5) is 2.53. The molecule has 4 nitrogen and oxygen atoms in total. The lowest BCUT2D eigenvalue weighted by atomic mass is 9.72. The summed E-state index contributed by atoms with van der Waals surface area (Å²) in [5.41, 5.74) is 2.19. The summed E-state index contributed by atoms with van der Waals surface area (Å²) in [6, 6.07) is 19.5. The molecule has 0 N–H and O–H groups in total.